The normalized spacial score (nSPS) is 23.3. The van der Waals surface area contributed by atoms with Gasteiger partial charge in [0.05, 0.1) is 31.2 Å². The zero-order chi connectivity index (χ0) is 25.8. The van der Waals surface area contributed by atoms with E-state index in [0.29, 0.717) is 42.7 Å². The molecule has 1 fully saturated rings. The van der Waals surface area contributed by atoms with E-state index >= 15 is 0 Å². The van der Waals surface area contributed by atoms with Gasteiger partial charge in [0.1, 0.15) is 5.75 Å². The zero-order valence-electron chi connectivity index (χ0n) is 21.0. The molecule has 5 rings (SSSR count). The highest BCUT2D eigenvalue weighted by Crippen LogP contribution is 2.46. The molecule has 192 valence electrons. The summed E-state index contributed by atoms with van der Waals surface area (Å²) >= 11 is 0. The second-order valence-electron chi connectivity index (χ2n) is 9.78. The van der Waals surface area contributed by atoms with E-state index in [2.05, 4.69) is 10.3 Å². The van der Waals surface area contributed by atoms with E-state index in [1.54, 1.807) is 24.3 Å². The van der Waals surface area contributed by atoms with Crippen molar-refractivity contribution in [2.45, 2.75) is 56.2 Å². The summed E-state index contributed by atoms with van der Waals surface area (Å²) in [5.74, 6) is -0.209. The molecular formula is C30H33N3O4. The Hall–Kier alpha value is -3.71. The average molecular weight is 500 g/mol. The summed E-state index contributed by atoms with van der Waals surface area (Å²) in [7, 11) is 1.61. The van der Waals surface area contributed by atoms with E-state index in [-0.39, 0.29) is 17.9 Å². The van der Waals surface area contributed by atoms with Crippen LogP contribution in [0.1, 0.15) is 64.8 Å². The Bertz CT molecular complexity index is 1230. The van der Waals surface area contributed by atoms with Gasteiger partial charge in [-0.05, 0) is 54.3 Å². The summed E-state index contributed by atoms with van der Waals surface area (Å²) < 4.78 is 5.36. The molecule has 0 spiro atoms. The van der Waals surface area contributed by atoms with E-state index in [1.165, 1.54) is 0 Å². The lowest BCUT2D eigenvalue weighted by atomic mass is 9.76. The lowest BCUT2D eigenvalue weighted by Crippen LogP contribution is -2.55. The van der Waals surface area contributed by atoms with E-state index in [9.17, 15) is 14.7 Å². The third-order valence-electron chi connectivity index (χ3n) is 7.57. The number of carbonyl (C=O) groups is 2. The quantitative estimate of drug-likeness (QED) is 0.512. The first kappa shape index (κ1) is 25.0. The second-order valence-corrected chi connectivity index (χ2v) is 9.78. The van der Waals surface area contributed by atoms with Crippen molar-refractivity contribution in [3.63, 3.8) is 0 Å². The summed E-state index contributed by atoms with van der Waals surface area (Å²) in [6.07, 6.45) is 4.94. The predicted octanol–water partition coefficient (Wildman–Crippen LogP) is 4.03. The molecule has 2 aromatic carbocycles. The number of fused-ring (bicyclic) bond motifs is 1. The smallest absolute Gasteiger partial charge is 0.255 e. The Morgan fingerprint density at radius 2 is 1.81 bits per heavy atom. The average Bonchev–Trinajstić information content (AvgIpc) is 2.94. The van der Waals surface area contributed by atoms with E-state index in [1.807, 2.05) is 60.7 Å². The first-order valence-corrected chi connectivity index (χ1v) is 13.0. The monoisotopic (exact) mass is 499 g/mol. The number of aliphatic hydroxyl groups excluding tert-OH is 1. The molecule has 2 N–H and O–H groups in total. The summed E-state index contributed by atoms with van der Waals surface area (Å²) in [5.41, 5.74) is 2.98. The number of carbonyl (C=O) groups excluding carboxylic acids is 2. The van der Waals surface area contributed by atoms with Gasteiger partial charge in [-0.3, -0.25) is 14.6 Å². The van der Waals surface area contributed by atoms with Crippen molar-refractivity contribution in [1.29, 1.82) is 0 Å². The largest absolute Gasteiger partial charge is 0.497 e. The van der Waals surface area contributed by atoms with Gasteiger partial charge >= 0.3 is 0 Å². The van der Waals surface area contributed by atoms with E-state index in [4.69, 9.17) is 4.74 Å². The molecule has 2 amide bonds. The van der Waals surface area contributed by atoms with Crippen LogP contribution in [0.3, 0.4) is 0 Å². The molecule has 1 aromatic heterocycles. The Morgan fingerprint density at radius 3 is 2.54 bits per heavy atom. The Morgan fingerprint density at radius 1 is 1.05 bits per heavy atom. The number of aliphatic hydroxyl groups is 1. The van der Waals surface area contributed by atoms with Gasteiger partial charge in [0.25, 0.3) is 5.91 Å². The van der Waals surface area contributed by atoms with Gasteiger partial charge in [0.2, 0.25) is 5.91 Å². The minimum atomic E-state index is -0.628. The number of nitrogens with one attached hydrogen (secondary N) is 1. The number of ether oxygens (including phenoxy) is 1. The van der Waals surface area contributed by atoms with Gasteiger partial charge in [-0.25, -0.2) is 0 Å². The van der Waals surface area contributed by atoms with Crippen LogP contribution in [0.5, 0.6) is 5.75 Å². The second kappa shape index (κ2) is 11.1. The van der Waals surface area contributed by atoms with Crippen LogP contribution in [-0.2, 0) is 11.2 Å². The van der Waals surface area contributed by atoms with Crippen molar-refractivity contribution >= 4 is 11.8 Å². The zero-order valence-corrected chi connectivity index (χ0v) is 21.0. The number of pyridine rings is 1. The highest BCUT2D eigenvalue weighted by atomic mass is 16.5. The maximum atomic E-state index is 14.0. The molecular weight excluding hydrogens is 466 g/mol. The molecule has 2 heterocycles. The van der Waals surface area contributed by atoms with Gasteiger partial charge in [-0.15, -0.1) is 0 Å². The summed E-state index contributed by atoms with van der Waals surface area (Å²) in [5, 5.41) is 14.1. The number of amides is 2. The molecule has 0 saturated heterocycles. The first-order valence-electron chi connectivity index (χ1n) is 13.0. The Labute approximate surface area is 217 Å². The van der Waals surface area contributed by atoms with E-state index in [0.717, 1.165) is 24.1 Å². The minimum absolute atomic E-state index is 0.139. The molecule has 4 unspecified atom stereocenters. The van der Waals surface area contributed by atoms with Crippen LogP contribution < -0.4 is 10.1 Å². The molecule has 7 nitrogen and oxygen atoms in total. The van der Waals surface area contributed by atoms with Crippen molar-refractivity contribution in [3.8, 4) is 5.75 Å². The van der Waals surface area contributed by atoms with Gasteiger partial charge in [0.15, 0.2) is 0 Å². The highest BCUT2D eigenvalue weighted by molar-refractivity contribution is 6.01. The molecule has 0 bridgehead atoms. The van der Waals surface area contributed by atoms with Crippen molar-refractivity contribution in [2.75, 3.05) is 13.7 Å². The lowest BCUT2D eigenvalue weighted by molar-refractivity contribution is -0.125. The number of rotatable bonds is 7. The molecule has 4 atom stereocenters. The van der Waals surface area contributed by atoms with Crippen LogP contribution in [0.2, 0.25) is 0 Å². The van der Waals surface area contributed by atoms with Gasteiger partial charge in [-0.1, -0.05) is 49.2 Å². The Balaban J connectivity index is 1.54. The fourth-order valence-electron chi connectivity index (χ4n) is 5.74. The van der Waals surface area contributed by atoms with Gasteiger partial charge in [-0.2, -0.15) is 0 Å². The SMILES string of the molecule is COc1ccc(C2C(C(=O)NCCc3ccccn3)c3ccccc3C(=O)N2C2CCCCC2O)cc1. The first-order chi connectivity index (χ1) is 18.1. The number of aromatic nitrogens is 1. The third kappa shape index (κ3) is 5.09. The molecule has 0 radical (unpaired) electrons. The fourth-order valence-corrected chi connectivity index (χ4v) is 5.74. The molecule has 3 aromatic rings. The standard InChI is InChI=1S/C30H33N3O4/c1-37-22-15-13-20(14-16-22)28-27(29(35)32-19-17-21-8-6-7-18-31-21)23-9-2-3-10-24(23)30(36)33(28)25-11-4-5-12-26(25)34/h2-3,6-10,13-16,18,25-28,34H,4-5,11-12,17,19H2,1H3,(H,32,35). The number of hydrogen-bond donors (Lipinski definition) is 2. The third-order valence-corrected chi connectivity index (χ3v) is 7.57. The Kier molecular flexibility index (Phi) is 7.51. The number of methoxy groups -OCH3 is 1. The summed E-state index contributed by atoms with van der Waals surface area (Å²) in [6, 6.07) is 19.7. The van der Waals surface area contributed by atoms with Crippen molar-refractivity contribution < 1.29 is 19.4 Å². The van der Waals surface area contributed by atoms with Crippen LogP contribution >= 0.6 is 0 Å². The van der Waals surface area contributed by atoms with E-state index < -0.39 is 18.1 Å². The summed E-state index contributed by atoms with van der Waals surface area (Å²) in [6.45, 7) is 0.434. The fraction of sp³-hybridized carbons (Fsp3) is 0.367. The number of nitrogens with zero attached hydrogens (tertiary/aromatic N) is 2. The summed E-state index contributed by atoms with van der Waals surface area (Å²) in [4.78, 5) is 34.0. The van der Waals surface area contributed by atoms with Crippen LogP contribution in [0.4, 0.5) is 0 Å². The minimum Gasteiger partial charge on any atom is -0.497 e. The molecule has 37 heavy (non-hydrogen) atoms. The molecule has 2 aliphatic rings. The topological polar surface area (TPSA) is 91.8 Å². The maximum Gasteiger partial charge on any atom is 0.255 e. The molecule has 1 saturated carbocycles. The van der Waals surface area contributed by atoms with Crippen LogP contribution in [0, 0.1) is 0 Å². The molecule has 1 aliphatic carbocycles. The van der Waals surface area contributed by atoms with Crippen molar-refractivity contribution in [2.24, 2.45) is 0 Å². The highest BCUT2D eigenvalue weighted by Gasteiger charge is 2.48. The van der Waals surface area contributed by atoms with Crippen molar-refractivity contribution in [3.05, 3.63) is 95.3 Å². The number of benzene rings is 2. The van der Waals surface area contributed by atoms with Crippen molar-refractivity contribution in [1.82, 2.24) is 15.2 Å². The molecule has 7 heteroatoms. The predicted molar refractivity (Wildman–Crippen MR) is 140 cm³/mol. The van der Waals surface area contributed by atoms with Crippen LogP contribution in [0.15, 0.2) is 72.9 Å². The van der Waals surface area contributed by atoms with Crippen LogP contribution in [0.25, 0.3) is 0 Å². The van der Waals surface area contributed by atoms with Crippen LogP contribution in [-0.4, -0.2) is 52.6 Å². The maximum absolute atomic E-state index is 14.0. The van der Waals surface area contributed by atoms with Gasteiger partial charge in [0, 0.05) is 30.4 Å². The molecule has 1 aliphatic heterocycles. The number of hydrogen-bond acceptors (Lipinski definition) is 5. The van der Waals surface area contributed by atoms with Gasteiger partial charge < -0.3 is 20.1 Å². The lowest BCUT2D eigenvalue weighted by Gasteiger charge is -2.48.